The molecule has 0 bridgehead atoms. The number of nitrogens with zero attached hydrogens (tertiary/aromatic N) is 4. The summed E-state index contributed by atoms with van der Waals surface area (Å²) in [7, 11) is 0. The van der Waals surface area contributed by atoms with Gasteiger partial charge in [-0.25, -0.2) is 0 Å². The molecule has 0 saturated heterocycles. The second kappa shape index (κ2) is 9.34. The Morgan fingerprint density at radius 2 is 1.86 bits per heavy atom. The Morgan fingerprint density at radius 1 is 1.11 bits per heavy atom. The van der Waals surface area contributed by atoms with E-state index in [0.717, 1.165) is 53.3 Å². The van der Waals surface area contributed by atoms with E-state index in [1.807, 2.05) is 47.6 Å². The third-order valence-corrected chi connectivity index (χ3v) is 5.56. The zero-order valence-electron chi connectivity index (χ0n) is 16.4. The summed E-state index contributed by atoms with van der Waals surface area (Å²) in [5.74, 6) is 0. The summed E-state index contributed by atoms with van der Waals surface area (Å²) in [4.78, 5) is 0. The fraction of sp³-hybridized carbons (Fsp3) is 0.350. The maximum atomic E-state index is 5.46. The quantitative estimate of drug-likeness (QED) is 0.408. The molecule has 0 saturated carbocycles. The minimum absolute atomic E-state index is 0.614. The highest BCUT2D eigenvalue weighted by molar-refractivity contribution is 9.10. The number of rotatable bonds is 7. The standard InChI is InChI=1S/C20H25BrN6S/c1-14-18(21)13-26(24-14)11-7-10-22-20(28)23-19-15(2)25-27(16(19)3)12-17-8-5-4-6-9-17/h4-6,8-9,13H,7,10-12H2,1-3H3,(H2,22,23,28). The Morgan fingerprint density at radius 3 is 2.54 bits per heavy atom. The van der Waals surface area contributed by atoms with E-state index in [9.17, 15) is 0 Å². The van der Waals surface area contributed by atoms with Gasteiger partial charge in [-0.15, -0.1) is 0 Å². The Labute approximate surface area is 179 Å². The fourth-order valence-corrected chi connectivity index (χ4v) is 3.52. The van der Waals surface area contributed by atoms with Gasteiger partial charge in [0.05, 0.1) is 33.8 Å². The van der Waals surface area contributed by atoms with Crippen LogP contribution in [0.3, 0.4) is 0 Å². The maximum absolute atomic E-state index is 5.46. The molecule has 0 aliphatic carbocycles. The molecule has 0 spiro atoms. The van der Waals surface area contributed by atoms with Crippen LogP contribution in [0.15, 0.2) is 41.0 Å². The fourth-order valence-electron chi connectivity index (χ4n) is 3.00. The predicted molar refractivity (Wildman–Crippen MR) is 121 cm³/mol. The van der Waals surface area contributed by atoms with Crippen LogP contribution < -0.4 is 10.6 Å². The van der Waals surface area contributed by atoms with Gasteiger partial charge in [0.2, 0.25) is 0 Å². The van der Waals surface area contributed by atoms with Gasteiger partial charge in [0.25, 0.3) is 0 Å². The van der Waals surface area contributed by atoms with Crippen LogP contribution in [0.4, 0.5) is 5.69 Å². The first-order chi connectivity index (χ1) is 13.4. The molecular formula is C20H25BrN6S. The van der Waals surface area contributed by atoms with Crippen LogP contribution in [0.1, 0.15) is 29.1 Å². The topological polar surface area (TPSA) is 59.7 Å². The minimum Gasteiger partial charge on any atom is -0.362 e. The number of anilines is 1. The number of hydrogen-bond acceptors (Lipinski definition) is 3. The molecule has 0 atom stereocenters. The van der Waals surface area contributed by atoms with E-state index in [4.69, 9.17) is 12.2 Å². The van der Waals surface area contributed by atoms with Crippen molar-refractivity contribution in [2.75, 3.05) is 11.9 Å². The van der Waals surface area contributed by atoms with Gasteiger partial charge in [0, 0.05) is 19.3 Å². The van der Waals surface area contributed by atoms with Gasteiger partial charge >= 0.3 is 0 Å². The predicted octanol–water partition coefficient (Wildman–Crippen LogP) is 4.19. The van der Waals surface area contributed by atoms with E-state index in [1.165, 1.54) is 5.56 Å². The van der Waals surface area contributed by atoms with Crippen molar-refractivity contribution in [1.82, 2.24) is 24.9 Å². The molecule has 2 N–H and O–H groups in total. The van der Waals surface area contributed by atoms with E-state index in [2.05, 4.69) is 55.8 Å². The molecule has 6 nitrogen and oxygen atoms in total. The lowest BCUT2D eigenvalue weighted by molar-refractivity contribution is 0.570. The normalized spacial score (nSPS) is 10.9. The van der Waals surface area contributed by atoms with Crippen LogP contribution in [0, 0.1) is 20.8 Å². The van der Waals surface area contributed by atoms with Crippen molar-refractivity contribution in [3.8, 4) is 0 Å². The number of hydrogen-bond donors (Lipinski definition) is 2. The van der Waals surface area contributed by atoms with Crippen LogP contribution in [0.2, 0.25) is 0 Å². The Balaban J connectivity index is 1.51. The molecule has 0 aliphatic heterocycles. The Kier molecular flexibility index (Phi) is 6.85. The van der Waals surface area contributed by atoms with Crippen molar-refractivity contribution in [2.24, 2.45) is 0 Å². The molecular weight excluding hydrogens is 436 g/mol. The summed E-state index contributed by atoms with van der Waals surface area (Å²) >= 11 is 8.94. The number of thiocarbonyl (C=S) groups is 1. The molecule has 0 aliphatic rings. The average molecular weight is 461 g/mol. The van der Waals surface area contributed by atoms with Crippen molar-refractivity contribution >= 4 is 38.9 Å². The maximum Gasteiger partial charge on any atom is 0.170 e. The molecule has 8 heteroatoms. The Hall–Kier alpha value is -2.19. The van der Waals surface area contributed by atoms with Crippen LogP contribution in [0.5, 0.6) is 0 Å². The lowest BCUT2D eigenvalue weighted by Gasteiger charge is -2.11. The van der Waals surface area contributed by atoms with Crippen LogP contribution in [-0.4, -0.2) is 31.2 Å². The van der Waals surface area contributed by atoms with Gasteiger partial charge in [0.15, 0.2) is 5.11 Å². The number of benzene rings is 1. The molecule has 0 amide bonds. The van der Waals surface area contributed by atoms with E-state index < -0.39 is 0 Å². The summed E-state index contributed by atoms with van der Waals surface area (Å²) in [5.41, 5.74) is 5.21. The smallest absolute Gasteiger partial charge is 0.170 e. The van der Waals surface area contributed by atoms with Gasteiger partial charge in [-0.3, -0.25) is 9.36 Å². The van der Waals surface area contributed by atoms with E-state index >= 15 is 0 Å². The van der Waals surface area contributed by atoms with Crippen molar-refractivity contribution in [2.45, 2.75) is 40.3 Å². The highest BCUT2D eigenvalue weighted by Gasteiger charge is 2.13. The first-order valence-corrected chi connectivity index (χ1v) is 10.5. The molecule has 1 aromatic carbocycles. The number of aromatic nitrogens is 4. The molecule has 0 fully saturated rings. The van der Waals surface area contributed by atoms with E-state index in [0.29, 0.717) is 5.11 Å². The molecule has 2 heterocycles. The largest absolute Gasteiger partial charge is 0.362 e. The lowest BCUT2D eigenvalue weighted by Crippen LogP contribution is -2.30. The minimum atomic E-state index is 0.614. The second-order valence-corrected chi connectivity index (χ2v) is 8.01. The SMILES string of the molecule is Cc1nn(CCCNC(=S)Nc2c(C)nn(Cc3ccccc3)c2C)cc1Br. The van der Waals surface area contributed by atoms with Gasteiger partial charge in [-0.05, 0) is 60.9 Å². The zero-order valence-corrected chi connectivity index (χ0v) is 18.8. The molecule has 148 valence electrons. The Bertz CT molecular complexity index is 928. The van der Waals surface area contributed by atoms with E-state index in [1.54, 1.807) is 0 Å². The number of halogens is 1. The zero-order chi connectivity index (χ0) is 20.1. The summed E-state index contributed by atoms with van der Waals surface area (Å²) < 4.78 is 4.99. The van der Waals surface area contributed by atoms with Crippen LogP contribution in [-0.2, 0) is 13.1 Å². The van der Waals surface area contributed by atoms with Crippen molar-refractivity contribution < 1.29 is 0 Å². The van der Waals surface area contributed by atoms with Crippen molar-refractivity contribution in [1.29, 1.82) is 0 Å². The third kappa shape index (κ3) is 5.20. The monoisotopic (exact) mass is 460 g/mol. The summed E-state index contributed by atoms with van der Waals surface area (Å²) in [6, 6.07) is 10.3. The van der Waals surface area contributed by atoms with Crippen molar-refractivity contribution in [3.05, 3.63) is 63.6 Å². The highest BCUT2D eigenvalue weighted by atomic mass is 79.9. The third-order valence-electron chi connectivity index (χ3n) is 4.53. The van der Waals surface area contributed by atoms with Crippen LogP contribution in [0.25, 0.3) is 0 Å². The van der Waals surface area contributed by atoms with Gasteiger partial charge in [-0.1, -0.05) is 30.3 Å². The van der Waals surface area contributed by atoms with Crippen molar-refractivity contribution in [3.63, 3.8) is 0 Å². The summed E-state index contributed by atoms with van der Waals surface area (Å²) in [6.07, 6.45) is 2.93. The number of nitrogens with one attached hydrogen (secondary N) is 2. The van der Waals surface area contributed by atoms with Crippen LogP contribution >= 0.6 is 28.1 Å². The van der Waals surface area contributed by atoms with E-state index in [-0.39, 0.29) is 0 Å². The molecule has 3 rings (SSSR count). The number of aryl methyl sites for hydroxylation is 3. The summed E-state index contributed by atoms with van der Waals surface area (Å²) in [6.45, 7) is 8.41. The average Bonchev–Trinajstić information content (AvgIpc) is 3.12. The lowest BCUT2D eigenvalue weighted by atomic mass is 10.2. The molecule has 0 unspecified atom stereocenters. The molecule has 28 heavy (non-hydrogen) atoms. The molecule has 2 aromatic heterocycles. The van der Waals surface area contributed by atoms with Gasteiger partial charge in [0.1, 0.15) is 0 Å². The first-order valence-electron chi connectivity index (χ1n) is 9.26. The molecule has 3 aromatic rings. The second-order valence-electron chi connectivity index (χ2n) is 6.75. The summed E-state index contributed by atoms with van der Waals surface area (Å²) in [5, 5.41) is 16.3. The molecule has 0 radical (unpaired) electrons. The highest BCUT2D eigenvalue weighted by Crippen LogP contribution is 2.20. The van der Waals surface area contributed by atoms with Gasteiger partial charge < -0.3 is 10.6 Å². The van der Waals surface area contributed by atoms with Gasteiger partial charge in [-0.2, -0.15) is 10.2 Å². The first kappa shape index (κ1) is 20.5.